The first kappa shape index (κ1) is 13.2. The van der Waals surface area contributed by atoms with Crippen LogP contribution in [-0.4, -0.2) is 31.1 Å². The van der Waals surface area contributed by atoms with Gasteiger partial charge >= 0.3 is 10.2 Å². The molecule has 1 aliphatic rings. The van der Waals surface area contributed by atoms with Crippen molar-refractivity contribution in [3.8, 4) is 0 Å². The van der Waals surface area contributed by atoms with Crippen LogP contribution in [-0.2, 0) is 15.0 Å². The van der Waals surface area contributed by atoms with Crippen LogP contribution in [0.5, 0.6) is 0 Å². The van der Waals surface area contributed by atoms with Crippen molar-refractivity contribution in [2.75, 3.05) is 11.4 Å². The van der Waals surface area contributed by atoms with Gasteiger partial charge in [-0.3, -0.25) is 9.69 Å². The molecule has 1 saturated heterocycles. The highest BCUT2D eigenvalue weighted by atomic mass is 35.5. The molecule has 2 rings (SSSR count). The minimum atomic E-state index is -4.72. The van der Waals surface area contributed by atoms with Crippen molar-refractivity contribution in [2.45, 2.75) is 18.6 Å². The fourth-order valence-corrected chi connectivity index (χ4v) is 2.55. The molecule has 1 aliphatic heterocycles. The summed E-state index contributed by atoms with van der Waals surface area (Å²) in [5.41, 5.74) is 0.738. The molecule has 1 fully saturated rings. The topological polar surface area (TPSA) is 67.3 Å². The number of amides is 1. The second-order valence-corrected chi connectivity index (χ2v) is 6.06. The molecule has 5 nitrogen and oxygen atoms in total. The highest BCUT2D eigenvalue weighted by molar-refractivity contribution is 7.87. The van der Waals surface area contributed by atoms with Crippen molar-refractivity contribution in [2.24, 2.45) is 0 Å². The maximum Gasteiger partial charge on any atom is 0.307 e. The number of carbonyl (C=O) groups excluding carboxylic acids is 1. The van der Waals surface area contributed by atoms with Gasteiger partial charge in [-0.1, -0.05) is 17.7 Å². The monoisotopic (exact) mass is 292 g/mol. The highest BCUT2D eigenvalue weighted by Gasteiger charge is 2.39. The molecule has 18 heavy (non-hydrogen) atoms. The van der Waals surface area contributed by atoms with Crippen molar-refractivity contribution in [1.29, 1.82) is 0 Å². The lowest BCUT2D eigenvalue weighted by molar-refractivity contribution is -0.117. The van der Waals surface area contributed by atoms with Gasteiger partial charge in [0, 0.05) is 13.0 Å². The van der Waals surface area contributed by atoms with E-state index in [1.807, 2.05) is 0 Å². The molecule has 1 aromatic heterocycles. The summed E-state index contributed by atoms with van der Waals surface area (Å²) in [6.45, 7) is 1.52. The number of pyridine rings is 1. The molecule has 98 valence electrons. The lowest BCUT2D eigenvalue weighted by atomic mass is 10.3. The van der Waals surface area contributed by atoms with Gasteiger partial charge in [0.25, 0.3) is 0 Å². The van der Waals surface area contributed by atoms with E-state index >= 15 is 0 Å². The SMILES string of the molecule is Cc1ccc(N2CC(S(=O)(=O)F)CC2=O)nc1Cl. The molecule has 2 heterocycles. The van der Waals surface area contributed by atoms with Gasteiger partial charge in [-0.05, 0) is 18.6 Å². The molecule has 1 amide bonds. The van der Waals surface area contributed by atoms with Crippen LogP contribution in [0.25, 0.3) is 0 Å². The number of rotatable bonds is 2. The van der Waals surface area contributed by atoms with Crippen molar-refractivity contribution in [3.63, 3.8) is 0 Å². The summed E-state index contributed by atoms with van der Waals surface area (Å²) in [6.07, 6.45) is -0.369. The van der Waals surface area contributed by atoms with Crippen LogP contribution in [0.4, 0.5) is 9.70 Å². The van der Waals surface area contributed by atoms with Gasteiger partial charge in [-0.15, -0.1) is 3.89 Å². The van der Waals surface area contributed by atoms with Crippen molar-refractivity contribution >= 4 is 33.5 Å². The lowest BCUT2D eigenvalue weighted by Gasteiger charge is -2.15. The Balaban J connectivity index is 2.30. The molecule has 0 aromatic carbocycles. The van der Waals surface area contributed by atoms with Crippen LogP contribution < -0.4 is 4.90 Å². The summed E-state index contributed by atoms with van der Waals surface area (Å²) in [7, 11) is -4.72. The van der Waals surface area contributed by atoms with E-state index < -0.39 is 21.4 Å². The smallest absolute Gasteiger partial charge is 0.295 e. The van der Waals surface area contributed by atoms with E-state index in [9.17, 15) is 17.1 Å². The largest absolute Gasteiger partial charge is 0.307 e. The number of nitrogens with zero attached hydrogens (tertiary/aromatic N) is 2. The van der Waals surface area contributed by atoms with E-state index in [1.54, 1.807) is 19.1 Å². The second kappa shape index (κ2) is 4.47. The van der Waals surface area contributed by atoms with Gasteiger partial charge in [0.1, 0.15) is 16.2 Å². The van der Waals surface area contributed by atoms with E-state index in [4.69, 9.17) is 11.6 Å². The molecule has 1 aromatic rings. The van der Waals surface area contributed by atoms with Gasteiger partial charge in [-0.25, -0.2) is 4.98 Å². The molecule has 0 aliphatic carbocycles. The number of hydrogen-bond donors (Lipinski definition) is 0. The average molecular weight is 293 g/mol. The van der Waals surface area contributed by atoms with E-state index in [0.29, 0.717) is 0 Å². The summed E-state index contributed by atoms with van der Waals surface area (Å²) in [5, 5.41) is -1.10. The van der Waals surface area contributed by atoms with Crippen molar-refractivity contribution in [1.82, 2.24) is 4.98 Å². The quantitative estimate of drug-likeness (QED) is 0.611. The van der Waals surface area contributed by atoms with Crippen LogP contribution in [0, 0.1) is 6.92 Å². The summed E-state index contributed by atoms with van der Waals surface area (Å²) >= 11 is 5.82. The standard InChI is InChI=1S/C10H10ClFN2O3S/c1-6-2-3-8(13-10(6)11)14-5-7(4-9(14)15)18(12,16)17/h2-3,7H,4-5H2,1H3. The third-order valence-corrected chi connectivity index (χ3v) is 4.28. The molecule has 0 N–H and O–H groups in total. The van der Waals surface area contributed by atoms with Gasteiger partial charge in [0.05, 0.1) is 0 Å². The zero-order valence-corrected chi connectivity index (χ0v) is 11.0. The van der Waals surface area contributed by atoms with Crippen LogP contribution in [0.1, 0.15) is 12.0 Å². The Bertz CT molecular complexity index is 605. The van der Waals surface area contributed by atoms with E-state index in [0.717, 1.165) is 10.5 Å². The third kappa shape index (κ3) is 2.46. The Hall–Kier alpha value is -1.21. The normalized spacial score (nSPS) is 20.5. The Kier molecular flexibility index (Phi) is 3.29. The van der Waals surface area contributed by atoms with Crippen LogP contribution in [0.3, 0.4) is 0 Å². The Labute approximate surface area is 109 Å². The number of carbonyl (C=O) groups is 1. The molecule has 0 spiro atoms. The van der Waals surface area contributed by atoms with E-state index in [-0.39, 0.29) is 23.9 Å². The minimum Gasteiger partial charge on any atom is -0.295 e. The number of anilines is 1. The summed E-state index contributed by atoms with van der Waals surface area (Å²) in [4.78, 5) is 16.7. The number of hydrogen-bond acceptors (Lipinski definition) is 4. The van der Waals surface area contributed by atoms with Crippen LogP contribution in [0.2, 0.25) is 5.15 Å². The zero-order chi connectivity index (χ0) is 13.5. The number of aryl methyl sites for hydroxylation is 1. The number of aromatic nitrogens is 1. The van der Waals surface area contributed by atoms with Gasteiger partial charge < -0.3 is 0 Å². The molecule has 0 saturated carbocycles. The Morgan fingerprint density at radius 2 is 2.17 bits per heavy atom. The lowest BCUT2D eigenvalue weighted by Crippen LogP contribution is -2.27. The molecule has 0 bridgehead atoms. The van der Waals surface area contributed by atoms with E-state index in [1.165, 1.54) is 0 Å². The average Bonchev–Trinajstić information content (AvgIpc) is 2.64. The summed E-state index contributed by atoms with van der Waals surface area (Å²) < 4.78 is 34.4. The van der Waals surface area contributed by atoms with Crippen LogP contribution >= 0.6 is 11.6 Å². The highest BCUT2D eigenvalue weighted by Crippen LogP contribution is 2.26. The third-order valence-electron chi connectivity index (χ3n) is 2.78. The molecule has 1 atom stereocenters. The predicted molar refractivity (Wildman–Crippen MR) is 64.8 cm³/mol. The first-order valence-electron chi connectivity index (χ1n) is 5.16. The fraction of sp³-hybridized carbons (Fsp3) is 0.400. The Morgan fingerprint density at radius 3 is 2.67 bits per heavy atom. The number of halogens is 2. The maximum absolute atomic E-state index is 12.8. The molecule has 1 unspecified atom stereocenters. The fourth-order valence-electron chi connectivity index (χ4n) is 1.73. The predicted octanol–water partition coefficient (Wildman–Crippen LogP) is 1.45. The second-order valence-electron chi connectivity index (χ2n) is 4.08. The molecular weight excluding hydrogens is 283 g/mol. The zero-order valence-electron chi connectivity index (χ0n) is 9.43. The first-order chi connectivity index (χ1) is 8.29. The Morgan fingerprint density at radius 1 is 1.50 bits per heavy atom. The molecule has 0 radical (unpaired) electrons. The minimum absolute atomic E-state index is 0.229. The van der Waals surface area contributed by atoms with Gasteiger partial charge in [0.2, 0.25) is 5.91 Å². The first-order valence-corrected chi connectivity index (χ1v) is 6.98. The van der Waals surface area contributed by atoms with Crippen molar-refractivity contribution < 1.29 is 17.1 Å². The van der Waals surface area contributed by atoms with Crippen molar-refractivity contribution in [3.05, 3.63) is 22.8 Å². The summed E-state index contributed by atoms with van der Waals surface area (Å²) in [6, 6.07) is 3.21. The molecular formula is C10H10ClFN2O3S. The van der Waals surface area contributed by atoms with Gasteiger partial charge in [-0.2, -0.15) is 8.42 Å². The van der Waals surface area contributed by atoms with Crippen LogP contribution in [0.15, 0.2) is 12.1 Å². The van der Waals surface area contributed by atoms with Gasteiger partial charge in [0.15, 0.2) is 0 Å². The maximum atomic E-state index is 12.8. The molecule has 8 heteroatoms. The summed E-state index contributed by atoms with van der Waals surface area (Å²) in [5.74, 6) is -0.240. The van der Waals surface area contributed by atoms with E-state index in [2.05, 4.69) is 4.98 Å².